The quantitative estimate of drug-likeness (QED) is 0.620. The molecule has 0 aliphatic carbocycles. The summed E-state index contributed by atoms with van der Waals surface area (Å²) < 4.78 is 5.72. The Morgan fingerprint density at radius 2 is 2.18 bits per heavy atom. The first-order valence-corrected chi connectivity index (χ1v) is 4.62. The van der Waals surface area contributed by atoms with Crippen molar-refractivity contribution in [1.29, 1.82) is 0 Å². The fraction of sp³-hybridized carbons (Fsp3) is 1.00. The predicted molar refractivity (Wildman–Crippen MR) is 46.5 cm³/mol. The summed E-state index contributed by atoms with van der Waals surface area (Å²) in [4.78, 5) is 2.41. The van der Waals surface area contributed by atoms with Crippen molar-refractivity contribution in [2.45, 2.75) is 39.3 Å². The number of nitrogens with zero attached hydrogens (tertiary/aromatic N) is 1. The van der Waals surface area contributed by atoms with Gasteiger partial charge in [-0.15, -0.1) is 0 Å². The highest BCUT2D eigenvalue weighted by Crippen LogP contribution is 2.29. The van der Waals surface area contributed by atoms with Crippen molar-refractivity contribution in [1.82, 2.24) is 4.90 Å². The summed E-state index contributed by atoms with van der Waals surface area (Å²) in [5.74, 6) is 0. The minimum atomic E-state index is 0.0451. The van der Waals surface area contributed by atoms with Crippen LogP contribution in [-0.4, -0.2) is 30.3 Å². The van der Waals surface area contributed by atoms with E-state index in [0.717, 1.165) is 13.2 Å². The van der Waals surface area contributed by atoms with E-state index in [9.17, 15) is 0 Å². The molecular formula is C9H19NO. The van der Waals surface area contributed by atoms with E-state index in [0.29, 0.717) is 0 Å². The molecule has 0 saturated carbocycles. The zero-order chi connectivity index (χ0) is 8.32. The van der Waals surface area contributed by atoms with Gasteiger partial charge in [0.2, 0.25) is 0 Å². The van der Waals surface area contributed by atoms with Gasteiger partial charge in [0.25, 0.3) is 0 Å². The molecule has 0 spiro atoms. The summed E-state index contributed by atoms with van der Waals surface area (Å²) >= 11 is 0. The third-order valence-corrected chi connectivity index (χ3v) is 2.57. The maximum absolute atomic E-state index is 5.72. The largest absolute Gasteiger partial charge is 0.361 e. The van der Waals surface area contributed by atoms with Crippen molar-refractivity contribution in [3.8, 4) is 0 Å². The van der Waals surface area contributed by atoms with E-state index in [2.05, 4.69) is 25.7 Å². The average molecular weight is 157 g/mol. The predicted octanol–water partition coefficient (Wildman–Crippen LogP) is 1.85. The Hall–Kier alpha value is -0.0800. The second kappa shape index (κ2) is 3.55. The molecule has 1 aliphatic heterocycles. The molecule has 1 unspecified atom stereocenters. The molecule has 0 aromatic rings. The van der Waals surface area contributed by atoms with E-state index in [1.807, 2.05) is 0 Å². The maximum atomic E-state index is 5.72. The topological polar surface area (TPSA) is 12.5 Å². The fourth-order valence-corrected chi connectivity index (χ4v) is 1.96. The van der Waals surface area contributed by atoms with Crippen molar-refractivity contribution in [3.05, 3.63) is 0 Å². The van der Waals surface area contributed by atoms with Crippen LogP contribution in [0.1, 0.15) is 33.6 Å². The third-order valence-electron chi connectivity index (χ3n) is 2.57. The molecule has 2 heteroatoms. The first-order chi connectivity index (χ1) is 5.23. The molecule has 1 saturated heterocycles. The summed E-state index contributed by atoms with van der Waals surface area (Å²) in [6, 6.07) is 0. The van der Waals surface area contributed by atoms with Gasteiger partial charge in [-0.3, -0.25) is 4.90 Å². The highest BCUT2D eigenvalue weighted by atomic mass is 16.5. The minimum Gasteiger partial charge on any atom is -0.361 e. The lowest BCUT2D eigenvalue weighted by molar-refractivity contribution is -0.116. The minimum absolute atomic E-state index is 0.0451. The molecule has 66 valence electrons. The number of hydrogen-bond acceptors (Lipinski definition) is 2. The van der Waals surface area contributed by atoms with Crippen LogP contribution < -0.4 is 0 Å². The first-order valence-electron chi connectivity index (χ1n) is 4.62. The molecule has 1 heterocycles. The van der Waals surface area contributed by atoms with Gasteiger partial charge in [-0.1, -0.05) is 6.92 Å². The monoisotopic (exact) mass is 157 g/mol. The van der Waals surface area contributed by atoms with Gasteiger partial charge >= 0.3 is 0 Å². The summed E-state index contributed by atoms with van der Waals surface area (Å²) in [6.45, 7) is 9.60. The molecule has 0 radical (unpaired) electrons. The SMILES string of the molecule is CCOC1(C)CCCN1CC. The average Bonchev–Trinajstić information content (AvgIpc) is 2.31. The van der Waals surface area contributed by atoms with Crippen molar-refractivity contribution in [2.24, 2.45) is 0 Å². The zero-order valence-electron chi connectivity index (χ0n) is 7.89. The highest BCUT2D eigenvalue weighted by Gasteiger charge is 2.35. The smallest absolute Gasteiger partial charge is 0.118 e. The summed E-state index contributed by atoms with van der Waals surface area (Å²) in [5.41, 5.74) is 0.0451. The Bertz CT molecular complexity index is 127. The van der Waals surface area contributed by atoms with Gasteiger partial charge in [-0.05, 0) is 33.2 Å². The normalized spacial score (nSPS) is 33.0. The molecule has 1 fully saturated rings. The number of hydrogen-bond donors (Lipinski definition) is 0. The Morgan fingerprint density at radius 3 is 2.73 bits per heavy atom. The first kappa shape index (κ1) is 9.01. The van der Waals surface area contributed by atoms with E-state index < -0.39 is 0 Å². The van der Waals surface area contributed by atoms with E-state index in [1.165, 1.54) is 19.4 Å². The van der Waals surface area contributed by atoms with E-state index in [1.54, 1.807) is 0 Å². The molecule has 0 bridgehead atoms. The van der Waals surface area contributed by atoms with Crippen LogP contribution in [0.15, 0.2) is 0 Å². The number of likely N-dealkylation sites (tertiary alicyclic amines) is 1. The van der Waals surface area contributed by atoms with Gasteiger partial charge in [0.05, 0.1) is 0 Å². The highest BCUT2D eigenvalue weighted by molar-refractivity contribution is 4.82. The summed E-state index contributed by atoms with van der Waals surface area (Å²) in [7, 11) is 0. The van der Waals surface area contributed by atoms with Crippen LogP contribution in [0.25, 0.3) is 0 Å². The van der Waals surface area contributed by atoms with Gasteiger partial charge in [0.1, 0.15) is 5.72 Å². The summed E-state index contributed by atoms with van der Waals surface area (Å²) in [5, 5.41) is 0. The van der Waals surface area contributed by atoms with Crippen LogP contribution in [-0.2, 0) is 4.74 Å². The van der Waals surface area contributed by atoms with E-state index >= 15 is 0 Å². The van der Waals surface area contributed by atoms with Crippen molar-refractivity contribution < 1.29 is 4.74 Å². The van der Waals surface area contributed by atoms with Gasteiger partial charge < -0.3 is 4.74 Å². The number of rotatable bonds is 3. The molecule has 1 atom stereocenters. The van der Waals surface area contributed by atoms with Crippen LogP contribution in [0.3, 0.4) is 0 Å². The second-order valence-corrected chi connectivity index (χ2v) is 3.29. The molecule has 11 heavy (non-hydrogen) atoms. The van der Waals surface area contributed by atoms with E-state index in [4.69, 9.17) is 4.74 Å². The lowest BCUT2D eigenvalue weighted by Gasteiger charge is -2.33. The van der Waals surface area contributed by atoms with Gasteiger partial charge in [-0.2, -0.15) is 0 Å². The van der Waals surface area contributed by atoms with Crippen molar-refractivity contribution in [2.75, 3.05) is 19.7 Å². The van der Waals surface area contributed by atoms with Crippen molar-refractivity contribution >= 4 is 0 Å². The van der Waals surface area contributed by atoms with Crippen LogP contribution in [0.5, 0.6) is 0 Å². The Morgan fingerprint density at radius 1 is 1.45 bits per heavy atom. The second-order valence-electron chi connectivity index (χ2n) is 3.29. The molecule has 0 aromatic carbocycles. The standard InChI is InChI=1S/C9H19NO/c1-4-10-8-6-7-9(10,3)11-5-2/h4-8H2,1-3H3. The van der Waals surface area contributed by atoms with Crippen LogP contribution in [0.4, 0.5) is 0 Å². The van der Waals surface area contributed by atoms with Gasteiger partial charge in [0, 0.05) is 13.2 Å². The number of ether oxygens (including phenoxy) is 1. The zero-order valence-corrected chi connectivity index (χ0v) is 7.89. The Kier molecular flexibility index (Phi) is 2.90. The molecule has 0 aromatic heterocycles. The lowest BCUT2D eigenvalue weighted by Crippen LogP contribution is -2.43. The summed E-state index contributed by atoms with van der Waals surface area (Å²) in [6.07, 6.45) is 2.47. The van der Waals surface area contributed by atoms with Crippen LogP contribution in [0, 0.1) is 0 Å². The lowest BCUT2D eigenvalue weighted by atomic mass is 10.2. The Labute approximate surface area is 69.5 Å². The molecule has 0 N–H and O–H groups in total. The molecule has 1 aliphatic rings. The Balaban J connectivity index is 2.51. The molecule has 2 nitrogen and oxygen atoms in total. The molecule has 1 rings (SSSR count). The van der Waals surface area contributed by atoms with Crippen LogP contribution >= 0.6 is 0 Å². The molecular weight excluding hydrogens is 138 g/mol. The van der Waals surface area contributed by atoms with Crippen molar-refractivity contribution in [3.63, 3.8) is 0 Å². The third kappa shape index (κ3) is 1.74. The maximum Gasteiger partial charge on any atom is 0.118 e. The fourth-order valence-electron chi connectivity index (χ4n) is 1.96. The van der Waals surface area contributed by atoms with Gasteiger partial charge in [0.15, 0.2) is 0 Å². The molecule has 0 amide bonds. The van der Waals surface area contributed by atoms with E-state index in [-0.39, 0.29) is 5.72 Å². The van der Waals surface area contributed by atoms with Crippen LogP contribution in [0.2, 0.25) is 0 Å². The van der Waals surface area contributed by atoms with Gasteiger partial charge in [-0.25, -0.2) is 0 Å².